The van der Waals surface area contributed by atoms with Crippen molar-refractivity contribution in [3.63, 3.8) is 0 Å². The molecule has 0 heterocycles. The van der Waals surface area contributed by atoms with Gasteiger partial charge in [-0.3, -0.25) is 0 Å². The minimum Gasteiger partial charge on any atom is -0.385 e. The van der Waals surface area contributed by atoms with E-state index in [1.54, 1.807) is 0 Å². The zero-order valence-electron chi connectivity index (χ0n) is 11.6. The Morgan fingerprint density at radius 3 is 2.37 bits per heavy atom. The summed E-state index contributed by atoms with van der Waals surface area (Å²) in [7, 11) is 0. The Bertz CT molecular complexity index is 565. The third kappa shape index (κ3) is 2.40. The Hall–Kier alpha value is -1.34. The van der Waals surface area contributed by atoms with Crippen LogP contribution in [0.1, 0.15) is 44.6 Å². The van der Waals surface area contributed by atoms with Gasteiger partial charge in [-0.2, -0.15) is 0 Å². The van der Waals surface area contributed by atoms with Crippen LogP contribution >= 0.6 is 0 Å². The molecule has 0 aromatic heterocycles. The van der Waals surface area contributed by atoms with E-state index in [-0.39, 0.29) is 0 Å². The maximum atomic E-state index is 11.0. The van der Waals surface area contributed by atoms with Crippen molar-refractivity contribution in [2.75, 3.05) is 0 Å². The molecule has 1 aliphatic rings. The van der Waals surface area contributed by atoms with Gasteiger partial charge in [-0.05, 0) is 48.1 Å². The number of benzene rings is 2. The molecule has 0 aliphatic heterocycles. The second-order valence-electron chi connectivity index (χ2n) is 6.04. The summed E-state index contributed by atoms with van der Waals surface area (Å²) in [6.45, 7) is 1.99. The van der Waals surface area contributed by atoms with E-state index < -0.39 is 5.60 Å². The van der Waals surface area contributed by atoms with Crippen molar-refractivity contribution in [2.24, 2.45) is 5.92 Å². The summed E-state index contributed by atoms with van der Waals surface area (Å²) < 4.78 is 0. The highest BCUT2D eigenvalue weighted by atomic mass is 16.3. The first-order valence-electron chi connectivity index (χ1n) is 7.39. The molecule has 100 valence electrons. The summed E-state index contributed by atoms with van der Waals surface area (Å²) in [4.78, 5) is 0. The fraction of sp³-hybridized carbons (Fsp3) is 0.444. The molecule has 1 N–H and O–H groups in total. The van der Waals surface area contributed by atoms with Crippen molar-refractivity contribution in [3.8, 4) is 0 Å². The van der Waals surface area contributed by atoms with Crippen molar-refractivity contribution in [1.82, 2.24) is 0 Å². The summed E-state index contributed by atoms with van der Waals surface area (Å²) >= 11 is 0. The van der Waals surface area contributed by atoms with Crippen molar-refractivity contribution in [1.29, 1.82) is 0 Å². The van der Waals surface area contributed by atoms with Crippen LogP contribution in [0.4, 0.5) is 0 Å². The van der Waals surface area contributed by atoms with E-state index in [0.29, 0.717) is 5.92 Å². The van der Waals surface area contributed by atoms with Gasteiger partial charge in [0.05, 0.1) is 5.60 Å². The van der Waals surface area contributed by atoms with Crippen LogP contribution in [0.25, 0.3) is 10.8 Å². The first-order valence-corrected chi connectivity index (χ1v) is 7.39. The summed E-state index contributed by atoms with van der Waals surface area (Å²) in [6, 6.07) is 14.7. The molecule has 0 bridgehead atoms. The van der Waals surface area contributed by atoms with Gasteiger partial charge < -0.3 is 5.11 Å². The molecular weight excluding hydrogens is 232 g/mol. The molecule has 1 heteroatoms. The molecule has 1 unspecified atom stereocenters. The number of hydrogen-bond donors (Lipinski definition) is 1. The van der Waals surface area contributed by atoms with E-state index in [1.165, 1.54) is 30.0 Å². The lowest BCUT2D eigenvalue weighted by atomic mass is 9.74. The molecule has 0 saturated heterocycles. The third-order valence-electron chi connectivity index (χ3n) is 4.73. The van der Waals surface area contributed by atoms with Gasteiger partial charge in [-0.15, -0.1) is 0 Å². The van der Waals surface area contributed by atoms with Crippen molar-refractivity contribution in [3.05, 3.63) is 48.0 Å². The van der Waals surface area contributed by atoms with Gasteiger partial charge in [0, 0.05) is 0 Å². The zero-order chi connectivity index (χ0) is 13.3. The van der Waals surface area contributed by atoms with Gasteiger partial charge in [0.15, 0.2) is 0 Å². The maximum absolute atomic E-state index is 11.0. The van der Waals surface area contributed by atoms with E-state index >= 15 is 0 Å². The lowest BCUT2D eigenvalue weighted by molar-refractivity contribution is -0.0214. The summed E-state index contributed by atoms with van der Waals surface area (Å²) in [5.74, 6) is 0.405. The third-order valence-corrected chi connectivity index (χ3v) is 4.73. The van der Waals surface area contributed by atoms with Crippen LogP contribution in [0.3, 0.4) is 0 Å². The van der Waals surface area contributed by atoms with Crippen LogP contribution in [0, 0.1) is 5.92 Å². The number of rotatable bonds is 2. The van der Waals surface area contributed by atoms with E-state index in [1.807, 2.05) is 6.92 Å². The topological polar surface area (TPSA) is 20.2 Å². The Kier molecular flexibility index (Phi) is 3.32. The van der Waals surface area contributed by atoms with Crippen molar-refractivity contribution < 1.29 is 5.11 Å². The molecule has 2 aromatic carbocycles. The van der Waals surface area contributed by atoms with Gasteiger partial charge in [0.2, 0.25) is 0 Å². The average Bonchev–Trinajstić information content (AvgIpc) is 2.47. The first-order chi connectivity index (χ1) is 9.18. The number of aliphatic hydroxyl groups is 1. The molecule has 0 spiro atoms. The fourth-order valence-electron chi connectivity index (χ4n) is 3.40. The molecule has 2 aromatic rings. The second kappa shape index (κ2) is 4.97. The van der Waals surface area contributed by atoms with E-state index in [2.05, 4.69) is 42.5 Å². The smallest absolute Gasteiger partial charge is 0.0896 e. The molecule has 0 radical (unpaired) electrons. The lowest BCUT2D eigenvalue weighted by Gasteiger charge is -2.36. The van der Waals surface area contributed by atoms with Crippen LogP contribution in [0.2, 0.25) is 0 Å². The number of fused-ring (bicyclic) bond motifs is 1. The van der Waals surface area contributed by atoms with Crippen molar-refractivity contribution in [2.45, 2.75) is 44.6 Å². The summed E-state index contributed by atoms with van der Waals surface area (Å²) in [5.41, 5.74) is 0.378. The summed E-state index contributed by atoms with van der Waals surface area (Å²) in [5, 5.41) is 13.4. The maximum Gasteiger partial charge on any atom is 0.0896 e. The lowest BCUT2D eigenvalue weighted by Crippen LogP contribution is -2.33. The Labute approximate surface area is 115 Å². The Morgan fingerprint density at radius 1 is 0.947 bits per heavy atom. The predicted molar refractivity (Wildman–Crippen MR) is 80.1 cm³/mol. The van der Waals surface area contributed by atoms with E-state index in [4.69, 9.17) is 0 Å². The highest BCUT2D eigenvalue weighted by molar-refractivity contribution is 5.83. The molecule has 1 nitrogen and oxygen atoms in total. The Balaban J connectivity index is 1.97. The number of hydrogen-bond acceptors (Lipinski definition) is 1. The molecule has 1 saturated carbocycles. The summed E-state index contributed by atoms with van der Waals surface area (Å²) in [6.07, 6.45) is 6.15. The highest BCUT2D eigenvalue weighted by Gasteiger charge is 2.34. The second-order valence-corrected chi connectivity index (χ2v) is 6.04. The van der Waals surface area contributed by atoms with Crippen LogP contribution in [0.5, 0.6) is 0 Å². The average molecular weight is 254 g/mol. The monoisotopic (exact) mass is 254 g/mol. The van der Waals surface area contributed by atoms with Crippen LogP contribution in [-0.4, -0.2) is 5.11 Å². The van der Waals surface area contributed by atoms with E-state index in [9.17, 15) is 5.11 Å². The zero-order valence-corrected chi connectivity index (χ0v) is 11.6. The van der Waals surface area contributed by atoms with Crippen LogP contribution < -0.4 is 0 Å². The van der Waals surface area contributed by atoms with Gasteiger partial charge in [0.25, 0.3) is 0 Å². The minimum absolute atomic E-state index is 0.405. The largest absolute Gasteiger partial charge is 0.385 e. The SMILES string of the molecule is CC(O)(c1ccc2ccccc2c1)C1CCCCC1. The normalized spacial score (nSPS) is 20.3. The first kappa shape index (κ1) is 12.7. The molecular formula is C18H22O. The van der Waals surface area contributed by atoms with Crippen LogP contribution in [-0.2, 0) is 5.60 Å². The fourth-order valence-corrected chi connectivity index (χ4v) is 3.40. The van der Waals surface area contributed by atoms with Gasteiger partial charge >= 0.3 is 0 Å². The minimum atomic E-state index is -0.690. The quantitative estimate of drug-likeness (QED) is 0.828. The Morgan fingerprint density at radius 2 is 1.63 bits per heavy atom. The van der Waals surface area contributed by atoms with Gasteiger partial charge in [-0.1, -0.05) is 55.7 Å². The predicted octanol–water partition coefficient (Wildman–Crippen LogP) is 4.63. The van der Waals surface area contributed by atoms with Gasteiger partial charge in [0.1, 0.15) is 0 Å². The molecule has 0 amide bonds. The van der Waals surface area contributed by atoms with Crippen LogP contribution in [0.15, 0.2) is 42.5 Å². The highest BCUT2D eigenvalue weighted by Crippen LogP contribution is 2.39. The molecule has 19 heavy (non-hydrogen) atoms. The standard InChI is InChI=1S/C18H22O/c1-18(19,16-9-3-2-4-10-16)17-12-11-14-7-5-6-8-15(14)13-17/h5-8,11-13,16,19H,2-4,9-10H2,1H3. The van der Waals surface area contributed by atoms with Gasteiger partial charge in [-0.25, -0.2) is 0 Å². The molecule has 1 fully saturated rings. The molecule has 1 atom stereocenters. The van der Waals surface area contributed by atoms with Crippen molar-refractivity contribution >= 4 is 10.8 Å². The molecule has 1 aliphatic carbocycles. The molecule has 3 rings (SSSR count). The van der Waals surface area contributed by atoms with E-state index in [0.717, 1.165) is 18.4 Å².